The summed E-state index contributed by atoms with van der Waals surface area (Å²) in [6.45, 7) is 5.62. The normalized spacial score (nSPS) is 12.9. The molecule has 20 heavy (non-hydrogen) atoms. The molecule has 1 atom stereocenters. The molecule has 0 N–H and O–H groups in total. The van der Waals surface area contributed by atoms with E-state index in [9.17, 15) is 0 Å². The zero-order valence-corrected chi connectivity index (χ0v) is 12.9. The quantitative estimate of drug-likeness (QED) is 0.662. The van der Waals surface area contributed by atoms with Gasteiger partial charge in [0.2, 0.25) is 0 Å². The maximum Gasteiger partial charge on any atom is 0.115 e. The summed E-state index contributed by atoms with van der Waals surface area (Å²) in [5.74, 6) is 1.86. The third-order valence-corrected chi connectivity index (χ3v) is 4.71. The highest BCUT2D eigenvalue weighted by atomic mass is 32.1. The molecule has 1 aromatic carbocycles. The highest BCUT2D eigenvalue weighted by molar-refractivity contribution is 7.09. The Morgan fingerprint density at radius 1 is 1.20 bits per heavy atom. The van der Waals surface area contributed by atoms with Gasteiger partial charge in [-0.05, 0) is 29.5 Å². The van der Waals surface area contributed by atoms with Crippen molar-refractivity contribution < 1.29 is 0 Å². The second-order valence-corrected chi connectivity index (χ2v) is 6.43. The molecule has 0 spiro atoms. The van der Waals surface area contributed by atoms with Gasteiger partial charge in [-0.1, -0.05) is 38.5 Å². The SMILES string of the molecule is CCC(C)Cn1c(Cc2cccs2)nc2ccccc21. The first-order valence-corrected chi connectivity index (χ1v) is 8.12. The highest BCUT2D eigenvalue weighted by Crippen LogP contribution is 2.22. The van der Waals surface area contributed by atoms with Crippen LogP contribution in [0.15, 0.2) is 41.8 Å². The van der Waals surface area contributed by atoms with E-state index >= 15 is 0 Å². The molecule has 0 radical (unpaired) electrons. The van der Waals surface area contributed by atoms with Gasteiger partial charge >= 0.3 is 0 Å². The second-order valence-electron chi connectivity index (χ2n) is 5.40. The van der Waals surface area contributed by atoms with Crippen LogP contribution in [0.25, 0.3) is 11.0 Å². The summed E-state index contributed by atoms with van der Waals surface area (Å²) in [5, 5.41) is 2.14. The molecule has 0 aliphatic heterocycles. The topological polar surface area (TPSA) is 17.8 Å². The number of fused-ring (bicyclic) bond motifs is 1. The van der Waals surface area contributed by atoms with E-state index in [1.807, 2.05) is 11.3 Å². The van der Waals surface area contributed by atoms with E-state index in [4.69, 9.17) is 4.98 Å². The van der Waals surface area contributed by atoms with E-state index in [1.54, 1.807) is 0 Å². The number of para-hydroxylation sites is 2. The summed E-state index contributed by atoms with van der Waals surface area (Å²) in [6.07, 6.45) is 2.13. The smallest absolute Gasteiger partial charge is 0.115 e. The molecule has 3 rings (SSSR count). The number of aromatic nitrogens is 2. The standard InChI is InChI=1S/C17H20N2S/c1-3-13(2)12-19-16-9-5-4-8-15(16)18-17(19)11-14-7-6-10-20-14/h4-10,13H,3,11-12H2,1-2H3. The van der Waals surface area contributed by atoms with Gasteiger partial charge in [-0.25, -0.2) is 4.98 Å². The average Bonchev–Trinajstić information content (AvgIpc) is 3.08. The van der Waals surface area contributed by atoms with Crippen molar-refractivity contribution in [2.75, 3.05) is 0 Å². The molecule has 0 bridgehead atoms. The van der Waals surface area contributed by atoms with Crippen LogP contribution in [0.5, 0.6) is 0 Å². The molecule has 0 amide bonds. The molecular formula is C17H20N2S. The predicted octanol–water partition coefficient (Wildman–Crippen LogP) is 4.73. The van der Waals surface area contributed by atoms with Crippen molar-refractivity contribution in [1.82, 2.24) is 9.55 Å². The summed E-state index contributed by atoms with van der Waals surface area (Å²) in [4.78, 5) is 6.22. The summed E-state index contributed by atoms with van der Waals surface area (Å²) < 4.78 is 2.41. The van der Waals surface area contributed by atoms with Gasteiger partial charge in [0.15, 0.2) is 0 Å². The minimum absolute atomic E-state index is 0.676. The van der Waals surface area contributed by atoms with Crippen molar-refractivity contribution in [3.05, 3.63) is 52.5 Å². The maximum absolute atomic E-state index is 4.84. The molecule has 2 nitrogen and oxygen atoms in total. The lowest BCUT2D eigenvalue weighted by Crippen LogP contribution is -2.10. The first-order valence-electron chi connectivity index (χ1n) is 7.24. The zero-order chi connectivity index (χ0) is 13.9. The number of hydrogen-bond donors (Lipinski definition) is 0. The van der Waals surface area contributed by atoms with E-state index in [0.29, 0.717) is 5.92 Å². The Balaban J connectivity index is 2.02. The molecule has 3 aromatic rings. The van der Waals surface area contributed by atoms with Gasteiger partial charge in [0.1, 0.15) is 5.82 Å². The minimum atomic E-state index is 0.676. The highest BCUT2D eigenvalue weighted by Gasteiger charge is 2.13. The fraction of sp³-hybridized carbons (Fsp3) is 0.353. The van der Waals surface area contributed by atoms with Crippen LogP contribution in [0.1, 0.15) is 31.0 Å². The molecule has 0 aliphatic carbocycles. The first kappa shape index (κ1) is 13.4. The number of thiophene rings is 1. The van der Waals surface area contributed by atoms with Gasteiger partial charge in [0, 0.05) is 17.8 Å². The van der Waals surface area contributed by atoms with Crippen molar-refractivity contribution in [2.24, 2.45) is 5.92 Å². The zero-order valence-electron chi connectivity index (χ0n) is 12.0. The van der Waals surface area contributed by atoms with Crippen LogP contribution in [-0.2, 0) is 13.0 Å². The van der Waals surface area contributed by atoms with Gasteiger partial charge in [-0.3, -0.25) is 0 Å². The van der Waals surface area contributed by atoms with Gasteiger partial charge in [-0.15, -0.1) is 11.3 Å². The van der Waals surface area contributed by atoms with E-state index in [0.717, 1.165) is 18.5 Å². The fourth-order valence-electron chi connectivity index (χ4n) is 2.47. The molecule has 1 unspecified atom stereocenters. The maximum atomic E-state index is 4.84. The molecule has 2 heterocycles. The number of benzene rings is 1. The summed E-state index contributed by atoms with van der Waals surface area (Å²) >= 11 is 1.81. The van der Waals surface area contributed by atoms with Crippen LogP contribution in [0.2, 0.25) is 0 Å². The number of imidazole rings is 1. The lowest BCUT2D eigenvalue weighted by Gasteiger charge is -2.13. The summed E-state index contributed by atoms with van der Waals surface area (Å²) in [7, 11) is 0. The Bertz CT molecular complexity index is 682. The number of rotatable bonds is 5. The van der Waals surface area contributed by atoms with Crippen LogP contribution in [-0.4, -0.2) is 9.55 Å². The Hall–Kier alpha value is -1.61. The van der Waals surface area contributed by atoms with Crippen molar-refractivity contribution in [3.63, 3.8) is 0 Å². The predicted molar refractivity (Wildman–Crippen MR) is 86.3 cm³/mol. The molecular weight excluding hydrogens is 264 g/mol. The van der Waals surface area contributed by atoms with Crippen molar-refractivity contribution >= 4 is 22.4 Å². The van der Waals surface area contributed by atoms with Crippen molar-refractivity contribution in [3.8, 4) is 0 Å². The molecule has 0 saturated heterocycles. The largest absolute Gasteiger partial charge is 0.327 e. The summed E-state index contributed by atoms with van der Waals surface area (Å²) in [6, 6.07) is 12.8. The van der Waals surface area contributed by atoms with E-state index in [-0.39, 0.29) is 0 Å². The number of hydrogen-bond acceptors (Lipinski definition) is 2. The lowest BCUT2D eigenvalue weighted by atomic mass is 10.1. The fourth-order valence-corrected chi connectivity index (χ4v) is 3.18. The molecule has 0 saturated carbocycles. The Kier molecular flexibility index (Phi) is 3.88. The van der Waals surface area contributed by atoms with Gasteiger partial charge < -0.3 is 4.57 Å². The Morgan fingerprint density at radius 3 is 2.80 bits per heavy atom. The van der Waals surface area contributed by atoms with Crippen LogP contribution >= 0.6 is 11.3 Å². The monoisotopic (exact) mass is 284 g/mol. The van der Waals surface area contributed by atoms with Gasteiger partial charge in [0.25, 0.3) is 0 Å². The lowest BCUT2D eigenvalue weighted by molar-refractivity contribution is 0.467. The molecule has 0 fully saturated rings. The van der Waals surface area contributed by atoms with Crippen LogP contribution in [0.3, 0.4) is 0 Å². The van der Waals surface area contributed by atoms with E-state index in [2.05, 4.69) is 60.2 Å². The van der Waals surface area contributed by atoms with Crippen molar-refractivity contribution in [1.29, 1.82) is 0 Å². The Morgan fingerprint density at radius 2 is 2.05 bits per heavy atom. The molecule has 104 valence electrons. The van der Waals surface area contributed by atoms with Crippen LogP contribution in [0, 0.1) is 5.92 Å². The summed E-state index contributed by atoms with van der Waals surface area (Å²) in [5.41, 5.74) is 2.38. The first-order chi connectivity index (χ1) is 9.78. The minimum Gasteiger partial charge on any atom is -0.327 e. The van der Waals surface area contributed by atoms with E-state index < -0.39 is 0 Å². The molecule has 2 aromatic heterocycles. The van der Waals surface area contributed by atoms with Crippen molar-refractivity contribution in [2.45, 2.75) is 33.2 Å². The van der Waals surface area contributed by atoms with E-state index in [1.165, 1.54) is 22.6 Å². The van der Waals surface area contributed by atoms with Gasteiger partial charge in [0.05, 0.1) is 11.0 Å². The number of nitrogens with zero attached hydrogens (tertiary/aromatic N) is 2. The third kappa shape index (κ3) is 2.63. The van der Waals surface area contributed by atoms with Gasteiger partial charge in [-0.2, -0.15) is 0 Å². The molecule has 3 heteroatoms. The van der Waals surface area contributed by atoms with Crippen LogP contribution < -0.4 is 0 Å². The Labute approximate surface area is 124 Å². The second kappa shape index (κ2) is 5.80. The third-order valence-electron chi connectivity index (χ3n) is 3.84. The average molecular weight is 284 g/mol. The molecule has 0 aliphatic rings. The van der Waals surface area contributed by atoms with Crippen LogP contribution in [0.4, 0.5) is 0 Å².